The molecule has 0 aliphatic rings. The number of carbonyl (C=O) groups excluding carboxylic acids is 1. The van der Waals surface area contributed by atoms with Crippen LogP contribution in [0, 0.1) is 0 Å². The van der Waals surface area contributed by atoms with Crippen molar-refractivity contribution in [2.24, 2.45) is 5.10 Å². The molecule has 5 nitrogen and oxygen atoms in total. The number of halogens is 1. The Bertz CT molecular complexity index is 900. The van der Waals surface area contributed by atoms with Crippen molar-refractivity contribution in [1.82, 2.24) is 15.0 Å². The summed E-state index contributed by atoms with van der Waals surface area (Å²) in [4.78, 5) is 16.2. The molecule has 0 saturated carbocycles. The van der Waals surface area contributed by atoms with Gasteiger partial charge in [0.15, 0.2) is 0 Å². The van der Waals surface area contributed by atoms with Crippen molar-refractivity contribution in [3.8, 4) is 0 Å². The Labute approximate surface area is 144 Å². The number of para-hydroxylation sites is 2. The number of hydrazone groups is 1. The number of fused-ring (bicyclic) bond motifs is 1. The third-order valence-electron chi connectivity index (χ3n) is 3.32. The van der Waals surface area contributed by atoms with Crippen LogP contribution in [0.4, 0.5) is 0 Å². The van der Waals surface area contributed by atoms with Gasteiger partial charge < -0.3 is 4.57 Å². The number of imidazole rings is 1. The lowest BCUT2D eigenvalue weighted by atomic mass is 10.2. The molecule has 1 amide bonds. The Morgan fingerprint density at radius 1 is 1.17 bits per heavy atom. The number of rotatable bonds is 5. The molecule has 1 N–H and O–H groups in total. The highest BCUT2D eigenvalue weighted by molar-refractivity contribution is 6.41. The standard InChI is InChI=1S/C18H15ClN4O/c19-15(10-14-6-2-1-3-7-14)11-21-22-18(24)12-23-13-20-16-8-4-5-9-17(16)23/h1-11,13H,12H2,(H,22,24). The molecule has 2 aromatic carbocycles. The molecular formula is C18H15ClN4O. The summed E-state index contributed by atoms with van der Waals surface area (Å²) in [5.74, 6) is -0.251. The van der Waals surface area contributed by atoms with Crippen molar-refractivity contribution >= 4 is 40.8 Å². The zero-order chi connectivity index (χ0) is 16.8. The Balaban J connectivity index is 1.58. The molecule has 0 aliphatic carbocycles. The Kier molecular flexibility index (Phi) is 5.03. The molecule has 0 radical (unpaired) electrons. The number of allylic oxidation sites excluding steroid dienone is 1. The van der Waals surface area contributed by atoms with Crippen LogP contribution in [0.3, 0.4) is 0 Å². The van der Waals surface area contributed by atoms with E-state index in [0.717, 1.165) is 16.6 Å². The maximum absolute atomic E-state index is 12.0. The van der Waals surface area contributed by atoms with E-state index in [0.29, 0.717) is 5.03 Å². The monoisotopic (exact) mass is 338 g/mol. The first kappa shape index (κ1) is 16.0. The van der Waals surface area contributed by atoms with Gasteiger partial charge in [-0.2, -0.15) is 5.10 Å². The third kappa shape index (κ3) is 4.08. The molecule has 120 valence electrons. The minimum Gasteiger partial charge on any atom is -0.321 e. The fourth-order valence-electron chi connectivity index (χ4n) is 2.24. The number of hydrogen-bond acceptors (Lipinski definition) is 3. The molecule has 0 unspecified atom stereocenters. The number of benzene rings is 2. The van der Waals surface area contributed by atoms with E-state index in [4.69, 9.17) is 11.6 Å². The van der Waals surface area contributed by atoms with Crippen molar-refractivity contribution in [1.29, 1.82) is 0 Å². The fourth-order valence-corrected chi connectivity index (χ4v) is 2.41. The molecule has 0 bridgehead atoms. The maximum atomic E-state index is 12.0. The molecule has 0 spiro atoms. The summed E-state index contributed by atoms with van der Waals surface area (Å²) in [5, 5.41) is 4.29. The number of aromatic nitrogens is 2. The Morgan fingerprint density at radius 2 is 1.92 bits per heavy atom. The van der Waals surface area contributed by atoms with Crippen LogP contribution in [0.15, 0.2) is 71.1 Å². The van der Waals surface area contributed by atoms with Gasteiger partial charge in [0.2, 0.25) is 0 Å². The van der Waals surface area contributed by atoms with E-state index >= 15 is 0 Å². The molecule has 3 rings (SSSR count). The summed E-state index contributed by atoms with van der Waals surface area (Å²) in [6.45, 7) is 0.137. The van der Waals surface area contributed by atoms with E-state index in [1.54, 1.807) is 17.0 Å². The Morgan fingerprint density at radius 3 is 2.75 bits per heavy atom. The van der Waals surface area contributed by atoms with Crippen molar-refractivity contribution < 1.29 is 4.79 Å². The molecule has 0 aliphatic heterocycles. The lowest BCUT2D eigenvalue weighted by molar-refractivity contribution is -0.121. The molecule has 6 heteroatoms. The van der Waals surface area contributed by atoms with Crippen LogP contribution >= 0.6 is 11.6 Å². The van der Waals surface area contributed by atoms with Crippen molar-refractivity contribution in [2.45, 2.75) is 6.54 Å². The minimum atomic E-state index is -0.251. The predicted octanol–water partition coefficient (Wildman–Crippen LogP) is 3.42. The first-order valence-electron chi connectivity index (χ1n) is 7.36. The van der Waals surface area contributed by atoms with Crippen LogP contribution in [0.1, 0.15) is 5.56 Å². The van der Waals surface area contributed by atoms with Crippen LogP contribution < -0.4 is 5.43 Å². The lowest BCUT2D eigenvalue weighted by Crippen LogP contribution is -2.22. The average molecular weight is 339 g/mol. The highest BCUT2D eigenvalue weighted by atomic mass is 35.5. The van der Waals surface area contributed by atoms with Gasteiger partial charge in [0.25, 0.3) is 5.91 Å². The quantitative estimate of drug-likeness (QED) is 0.572. The highest BCUT2D eigenvalue weighted by Gasteiger charge is 2.05. The van der Waals surface area contributed by atoms with Crippen LogP contribution in [0.2, 0.25) is 0 Å². The van der Waals surface area contributed by atoms with Crippen molar-refractivity contribution in [2.75, 3.05) is 0 Å². The number of nitrogens with zero attached hydrogens (tertiary/aromatic N) is 3. The molecular weight excluding hydrogens is 324 g/mol. The second kappa shape index (κ2) is 7.57. The first-order chi connectivity index (χ1) is 11.7. The summed E-state index contributed by atoms with van der Waals surface area (Å²) < 4.78 is 1.77. The lowest BCUT2D eigenvalue weighted by Gasteiger charge is -2.02. The summed E-state index contributed by atoms with van der Waals surface area (Å²) in [5.41, 5.74) is 5.17. The van der Waals surface area contributed by atoms with E-state index in [1.165, 1.54) is 6.21 Å². The summed E-state index contributed by atoms with van der Waals surface area (Å²) >= 11 is 6.06. The number of nitrogens with one attached hydrogen (secondary N) is 1. The van der Waals surface area contributed by atoms with Crippen LogP contribution in [-0.2, 0) is 11.3 Å². The maximum Gasteiger partial charge on any atom is 0.260 e. The predicted molar refractivity (Wildman–Crippen MR) is 96.6 cm³/mol. The molecule has 24 heavy (non-hydrogen) atoms. The third-order valence-corrected chi connectivity index (χ3v) is 3.53. The zero-order valence-electron chi connectivity index (χ0n) is 12.8. The van der Waals surface area contributed by atoms with E-state index in [2.05, 4.69) is 15.5 Å². The average Bonchev–Trinajstić information content (AvgIpc) is 2.99. The summed E-state index contributed by atoms with van der Waals surface area (Å²) in [7, 11) is 0. The summed E-state index contributed by atoms with van der Waals surface area (Å²) in [6.07, 6.45) is 4.80. The van der Waals surface area contributed by atoms with Gasteiger partial charge >= 0.3 is 0 Å². The highest BCUT2D eigenvalue weighted by Crippen LogP contribution is 2.11. The van der Waals surface area contributed by atoms with Crippen LogP contribution in [-0.4, -0.2) is 21.7 Å². The van der Waals surface area contributed by atoms with Gasteiger partial charge in [-0.1, -0.05) is 54.1 Å². The molecule has 0 saturated heterocycles. The van der Waals surface area contributed by atoms with Crippen molar-refractivity contribution in [3.05, 3.63) is 71.5 Å². The van der Waals surface area contributed by atoms with Crippen LogP contribution in [0.5, 0.6) is 0 Å². The molecule has 1 heterocycles. The number of carbonyl (C=O) groups is 1. The van der Waals surface area contributed by atoms with E-state index < -0.39 is 0 Å². The van der Waals surface area contributed by atoms with Gasteiger partial charge in [-0.3, -0.25) is 4.79 Å². The Hall–Kier alpha value is -2.92. The SMILES string of the molecule is O=C(Cn1cnc2ccccc21)NN=CC(Cl)=Cc1ccccc1. The van der Waals surface area contributed by atoms with E-state index in [9.17, 15) is 4.79 Å². The van der Waals surface area contributed by atoms with Gasteiger partial charge in [-0.15, -0.1) is 0 Å². The normalized spacial score (nSPS) is 12.0. The van der Waals surface area contributed by atoms with E-state index in [1.807, 2.05) is 54.6 Å². The molecule has 0 atom stereocenters. The van der Waals surface area contributed by atoms with Gasteiger partial charge in [0, 0.05) is 0 Å². The first-order valence-corrected chi connectivity index (χ1v) is 7.74. The minimum absolute atomic E-state index is 0.137. The molecule has 1 aromatic heterocycles. The van der Waals surface area contributed by atoms with Gasteiger partial charge in [0.1, 0.15) is 6.54 Å². The largest absolute Gasteiger partial charge is 0.321 e. The number of amides is 1. The zero-order valence-corrected chi connectivity index (χ0v) is 13.5. The van der Waals surface area contributed by atoms with Crippen LogP contribution in [0.25, 0.3) is 17.1 Å². The van der Waals surface area contributed by atoms with Gasteiger partial charge in [-0.25, -0.2) is 10.4 Å². The van der Waals surface area contributed by atoms with Gasteiger partial charge in [0.05, 0.1) is 28.6 Å². The van der Waals surface area contributed by atoms with E-state index in [-0.39, 0.29) is 12.5 Å². The smallest absolute Gasteiger partial charge is 0.260 e. The second-order valence-electron chi connectivity index (χ2n) is 5.09. The van der Waals surface area contributed by atoms with Gasteiger partial charge in [-0.05, 0) is 23.8 Å². The molecule has 0 fully saturated rings. The summed E-state index contributed by atoms with van der Waals surface area (Å²) in [6, 6.07) is 17.3. The van der Waals surface area contributed by atoms with Crippen molar-refractivity contribution in [3.63, 3.8) is 0 Å². The topological polar surface area (TPSA) is 59.3 Å². The second-order valence-corrected chi connectivity index (χ2v) is 5.53. The molecule has 3 aromatic rings. The fraction of sp³-hybridized carbons (Fsp3) is 0.0556. The number of hydrogen-bond donors (Lipinski definition) is 1.